The molecule has 0 saturated carbocycles. The van der Waals surface area contributed by atoms with Crippen molar-refractivity contribution in [1.82, 2.24) is 9.80 Å². The molecule has 1 fully saturated rings. The van der Waals surface area contributed by atoms with Crippen molar-refractivity contribution >= 4 is 0 Å². The summed E-state index contributed by atoms with van der Waals surface area (Å²) in [7, 11) is 0. The van der Waals surface area contributed by atoms with E-state index in [1.54, 1.807) is 0 Å². The molecule has 0 aromatic heterocycles. The zero-order valence-corrected chi connectivity index (χ0v) is 11.9. The molecule has 0 unspecified atom stereocenters. The first kappa shape index (κ1) is 14.5. The normalized spacial score (nSPS) is 17.7. The molecule has 1 saturated heterocycles. The third-order valence-corrected chi connectivity index (χ3v) is 3.93. The van der Waals surface area contributed by atoms with E-state index in [4.69, 9.17) is 5.73 Å². The van der Waals surface area contributed by atoms with Gasteiger partial charge < -0.3 is 15.5 Å². The molecule has 0 bridgehead atoms. The lowest BCUT2D eigenvalue weighted by Crippen LogP contribution is -2.47. The van der Waals surface area contributed by atoms with Gasteiger partial charge in [0.25, 0.3) is 0 Å². The zero-order valence-electron chi connectivity index (χ0n) is 11.9. The summed E-state index contributed by atoms with van der Waals surface area (Å²) in [6, 6.07) is 10.8. The predicted molar refractivity (Wildman–Crippen MR) is 81.3 cm³/mol. The lowest BCUT2D eigenvalue weighted by molar-refractivity contribution is 0.131. The SMILES string of the molecule is NCCCN1CCN(CCCc2ccccc2)CC1. The lowest BCUT2D eigenvalue weighted by atomic mass is 10.1. The maximum atomic E-state index is 5.56. The van der Waals surface area contributed by atoms with Crippen molar-refractivity contribution in [3.8, 4) is 0 Å². The summed E-state index contributed by atoms with van der Waals surface area (Å²) < 4.78 is 0. The van der Waals surface area contributed by atoms with Gasteiger partial charge in [-0.25, -0.2) is 0 Å². The van der Waals surface area contributed by atoms with Crippen LogP contribution in [0.2, 0.25) is 0 Å². The van der Waals surface area contributed by atoms with Crippen LogP contribution in [0.3, 0.4) is 0 Å². The highest BCUT2D eigenvalue weighted by atomic mass is 15.3. The monoisotopic (exact) mass is 261 g/mol. The van der Waals surface area contributed by atoms with E-state index in [-0.39, 0.29) is 0 Å². The van der Waals surface area contributed by atoms with Crippen LogP contribution in [0, 0.1) is 0 Å². The van der Waals surface area contributed by atoms with Crippen molar-refractivity contribution in [3.05, 3.63) is 35.9 Å². The Labute approximate surface area is 117 Å². The first-order chi connectivity index (χ1) is 9.38. The van der Waals surface area contributed by atoms with Crippen molar-refractivity contribution in [1.29, 1.82) is 0 Å². The minimum Gasteiger partial charge on any atom is -0.330 e. The fourth-order valence-corrected chi connectivity index (χ4v) is 2.70. The molecule has 0 spiro atoms. The van der Waals surface area contributed by atoms with Gasteiger partial charge in [-0.05, 0) is 44.5 Å². The summed E-state index contributed by atoms with van der Waals surface area (Å²) in [5, 5.41) is 0. The van der Waals surface area contributed by atoms with Gasteiger partial charge in [0.05, 0.1) is 0 Å². The topological polar surface area (TPSA) is 32.5 Å². The van der Waals surface area contributed by atoms with Crippen LogP contribution in [0.15, 0.2) is 30.3 Å². The summed E-state index contributed by atoms with van der Waals surface area (Å²) >= 11 is 0. The Morgan fingerprint density at radius 3 is 2.00 bits per heavy atom. The summed E-state index contributed by atoms with van der Waals surface area (Å²) in [5.74, 6) is 0. The molecule has 106 valence electrons. The van der Waals surface area contributed by atoms with Gasteiger partial charge in [-0.15, -0.1) is 0 Å². The maximum absolute atomic E-state index is 5.56. The molecule has 0 atom stereocenters. The van der Waals surface area contributed by atoms with Crippen LogP contribution in [0.25, 0.3) is 0 Å². The molecule has 1 aromatic rings. The van der Waals surface area contributed by atoms with Crippen LogP contribution in [-0.4, -0.2) is 55.6 Å². The van der Waals surface area contributed by atoms with E-state index in [1.807, 2.05) is 0 Å². The maximum Gasteiger partial charge on any atom is 0.0110 e. The third-order valence-electron chi connectivity index (χ3n) is 3.93. The third kappa shape index (κ3) is 5.31. The van der Waals surface area contributed by atoms with Gasteiger partial charge in [-0.1, -0.05) is 30.3 Å². The molecule has 3 heteroatoms. The Morgan fingerprint density at radius 2 is 1.42 bits per heavy atom. The van der Waals surface area contributed by atoms with Crippen molar-refractivity contribution in [3.63, 3.8) is 0 Å². The van der Waals surface area contributed by atoms with Crippen LogP contribution in [-0.2, 0) is 6.42 Å². The fraction of sp³-hybridized carbons (Fsp3) is 0.625. The molecule has 1 aliphatic heterocycles. The second-order valence-electron chi connectivity index (χ2n) is 5.41. The average Bonchev–Trinajstić information content (AvgIpc) is 2.47. The molecule has 2 rings (SSSR count). The standard InChI is InChI=1S/C16H27N3/c17-9-5-11-19-14-12-18(13-15-19)10-4-8-16-6-2-1-3-7-16/h1-3,6-7H,4-5,8-15,17H2. The number of nitrogens with two attached hydrogens (primary N) is 1. The van der Waals surface area contributed by atoms with Gasteiger partial charge in [0.1, 0.15) is 0 Å². The highest BCUT2D eigenvalue weighted by Gasteiger charge is 2.15. The van der Waals surface area contributed by atoms with Gasteiger partial charge in [-0.2, -0.15) is 0 Å². The minimum atomic E-state index is 0.817. The average molecular weight is 261 g/mol. The van der Waals surface area contributed by atoms with E-state index in [0.29, 0.717) is 0 Å². The van der Waals surface area contributed by atoms with Gasteiger partial charge in [-0.3, -0.25) is 0 Å². The fourth-order valence-electron chi connectivity index (χ4n) is 2.70. The van der Waals surface area contributed by atoms with E-state index in [9.17, 15) is 0 Å². The molecule has 1 aromatic carbocycles. The van der Waals surface area contributed by atoms with Gasteiger partial charge in [0, 0.05) is 26.2 Å². The number of piperazine rings is 1. The van der Waals surface area contributed by atoms with Crippen molar-refractivity contribution in [2.24, 2.45) is 5.73 Å². The molecule has 0 amide bonds. The van der Waals surface area contributed by atoms with E-state index in [1.165, 1.54) is 57.7 Å². The Hall–Kier alpha value is -0.900. The lowest BCUT2D eigenvalue weighted by Gasteiger charge is -2.34. The quantitative estimate of drug-likeness (QED) is 0.809. The summed E-state index contributed by atoms with van der Waals surface area (Å²) in [6.45, 7) is 8.10. The Kier molecular flexibility index (Phi) is 6.34. The number of nitrogens with zero attached hydrogens (tertiary/aromatic N) is 2. The van der Waals surface area contributed by atoms with Gasteiger partial charge >= 0.3 is 0 Å². The van der Waals surface area contributed by atoms with E-state index < -0.39 is 0 Å². The zero-order chi connectivity index (χ0) is 13.3. The molecule has 0 aliphatic carbocycles. The number of benzene rings is 1. The minimum absolute atomic E-state index is 0.817. The van der Waals surface area contributed by atoms with Gasteiger partial charge in [0.15, 0.2) is 0 Å². The number of hydrogen-bond acceptors (Lipinski definition) is 3. The van der Waals surface area contributed by atoms with Crippen LogP contribution in [0.5, 0.6) is 0 Å². The molecule has 1 aliphatic rings. The summed E-state index contributed by atoms with van der Waals surface area (Å²) in [6.07, 6.45) is 3.61. The largest absolute Gasteiger partial charge is 0.330 e. The van der Waals surface area contributed by atoms with Gasteiger partial charge in [0.2, 0.25) is 0 Å². The molecule has 19 heavy (non-hydrogen) atoms. The van der Waals surface area contributed by atoms with Crippen LogP contribution < -0.4 is 5.73 Å². The van der Waals surface area contributed by atoms with Crippen molar-refractivity contribution < 1.29 is 0 Å². The Balaban J connectivity index is 1.58. The second-order valence-corrected chi connectivity index (χ2v) is 5.41. The summed E-state index contributed by atoms with van der Waals surface area (Å²) in [5.41, 5.74) is 7.02. The smallest absolute Gasteiger partial charge is 0.0110 e. The van der Waals surface area contributed by atoms with Crippen LogP contribution >= 0.6 is 0 Å². The molecule has 2 N–H and O–H groups in total. The second kappa shape index (κ2) is 8.31. The molecule has 3 nitrogen and oxygen atoms in total. The predicted octanol–water partition coefficient (Wildman–Crippen LogP) is 1.59. The van der Waals surface area contributed by atoms with E-state index >= 15 is 0 Å². The van der Waals surface area contributed by atoms with E-state index in [0.717, 1.165) is 13.0 Å². The number of aryl methyl sites for hydroxylation is 1. The molecule has 1 heterocycles. The van der Waals surface area contributed by atoms with Crippen molar-refractivity contribution in [2.45, 2.75) is 19.3 Å². The molecular formula is C16H27N3. The van der Waals surface area contributed by atoms with Crippen molar-refractivity contribution in [2.75, 3.05) is 45.8 Å². The first-order valence-electron chi connectivity index (χ1n) is 7.57. The Morgan fingerprint density at radius 1 is 0.842 bits per heavy atom. The Bertz CT molecular complexity index is 331. The highest BCUT2D eigenvalue weighted by molar-refractivity contribution is 5.14. The summed E-state index contributed by atoms with van der Waals surface area (Å²) in [4.78, 5) is 5.14. The van der Waals surface area contributed by atoms with E-state index in [2.05, 4.69) is 40.1 Å². The first-order valence-corrected chi connectivity index (χ1v) is 7.57. The molecule has 0 radical (unpaired) electrons. The number of rotatable bonds is 7. The highest BCUT2D eigenvalue weighted by Crippen LogP contribution is 2.06. The van der Waals surface area contributed by atoms with Crippen LogP contribution in [0.1, 0.15) is 18.4 Å². The number of hydrogen-bond donors (Lipinski definition) is 1. The van der Waals surface area contributed by atoms with Crippen LogP contribution in [0.4, 0.5) is 0 Å². The molecular weight excluding hydrogens is 234 g/mol.